The highest BCUT2D eigenvalue weighted by Crippen LogP contribution is 2.41. The van der Waals surface area contributed by atoms with Crippen LogP contribution in [0.25, 0.3) is 0 Å². The van der Waals surface area contributed by atoms with E-state index < -0.39 is 0 Å². The summed E-state index contributed by atoms with van der Waals surface area (Å²) in [5, 5.41) is 3.57. The third-order valence-corrected chi connectivity index (χ3v) is 3.25. The quantitative estimate of drug-likeness (QED) is 0.801. The molecule has 1 N–H and O–H groups in total. The molecule has 0 heterocycles. The maximum absolute atomic E-state index is 13.2. The Morgan fingerprint density at radius 3 is 2.75 bits per heavy atom. The Kier molecular flexibility index (Phi) is 3.59. The molecule has 2 rings (SSSR count). The van der Waals surface area contributed by atoms with Gasteiger partial charge in [0.25, 0.3) is 0 Å². The summed E-state index contributed by atoms with van der Waals surface area (Å²) in [5.74, 6) is 0.658. The first-order chi connectivity index (χ1) is 7.72. The van der Waals surface area contributed by atoms with Gasteiger partial charge in [-0.25, -0.2) is 4.39 Å². The van der Waals surface area contributed by atoms with E-state index in [0.717, 1.165) is 24.4 Å². The van der Waals surface area contributed by atoms with E-state index in [1.54, 1.807) is 6.07 Å². The zero-order valence-corrected chi connectivity index (χ0v) is 10.1. The van der Waals surface area contributed by atoms with Crippen molar-refractivity contribution < 1.29 is 4.39 Å². The summed E-state index contributed by atoms with van der Waals surface area (Å²) in [5.41, 5.74) is 2.00. The molecule has 0 amide bonds. The van der Waals surface area contributed by atoms with E-state index >= 15 is 0 Å². The van der Waals surface area contributed by atoms with Crippen molar-refractivity contribution in [1.82, 2.24) is 5.32 Å². The molecule has 1 aromatic carbocycles. The Labute approximate surface area is 97.1 Å². The highest BCUT2D eigenvalue weighted by Gasteiger charge is 2.31. The molecule has 0 bridgehead atoms. The standard InChI is InChI=1S/C14H20FN/c1-3-8-16-14(11-4-5-11)12-6-7-13(15)10(2)9-12/h6-7,9,11,14,16H,3-5,8H2,1-2H3. The summed E-state index contributed by atoms with van der Waals surface area (Å²) in [7, 11) is 0. The molecule has 0 radical (unpaired) electrons. The first-order valence-corrected chi connectivity index (χ1v) is 6.21. The summed E-state index contributed by atoms with van der Waals surface area (Å²) in [6.45, 7) is 5.05. The van der Waals surface area contributed by atoms with E-state index in [1.165, 1.54) is 18.4 Å². The van der Waals surface area contributed by atoms with Gasteiger partial charge in [0.05, 0.1) is 0 Å². The zero-order chi connectivity index (χ0) is 11.5. The molecule has 0 aromatic heterocycles. The Balaban J connectivity index is 2.14. The Hall–Kier alpha value is -0.890. The normalized spacial score (nSPS) is 17.4. The largest absolute Gasteiger partial charge is 0.310 e. The minimum Gasteiger partial charge on any atom is -0.310 e. The molecule has 1 aromatic rings. The second-order valence-corrected chi connectivity index (χ2v) is 4.78. The van der Waals surface area contributed by atoms with Crippen molar-refractivity contribution in [3.05, 3.63) is 35.1 Å². The SMILES string of the molecule is CCCNC(c1ccc(F)c(C)c1)C1CC1. The van der Waals surface area contributed by atoms with Gasteiger partial charge in [-0.2, -0.15) is 0 Å². The lowest BCUT2D eigenvalue weighted by Crippen LogP contribution is -2.23. The van der Waals surface area contributed by atoms with Crippen LogP contribution in [0.4, 0.5) is 4.39 Å². The summed E-state index contributed by atoms with van der Waals surface area (Å²) >= 11 is 0. The van der Waals surface area contributed by atoms with E-state index in [0.29, 0.717) is 6.04 Å². The average molecular weight is 221 g/mol. The number of hydrogen-bond donors (Lipinski definition) is 1. The molecule has 1 atom stereocenters. The first-order valence-electron chi connectivity index (χ1n) is 6.21. The topological polar surface area (TPSA) is 12.0 Å². The van der Waals surface area contributed by atoms with Crippen molar-refractivity contribution >= 4 is 0 Å². The van der Waals surface area contributed by atoms with Crippen molar-refractivity contribution in [3.63, 3.8) is 0 Å². The van der Waals surface area contributed by atoms with Gasteiger partial charge in [-0.15, -0.1) is 0 Å². The molecular weight excluding hydrogens is 201 g/mol. The lowest BCUT2D eigenvalue weighted by molar-refractivity contribution is 0.480. The van der Waals surface area contributed by atoms with Crippen LogP contribution in [0.2, 0.25) is 0 Å². The number of aryl methyl sites for hydroxylation is 1. The Bertz CT molecular complexity index is 358. The van der Waals surface area contributed by atoms with Crippen LogP contribution in [0.3, 0.4) is 0 Å². The second-order valence-electron chi connectivity index (χ2n) is 4.78. The minimum absolute atomic E-state index is 0.103. The summed E-state index contributed by atoms with van der Waals surface area (Å²) in [6, 6.07) is 5.93. The molecule has 1 aliphatic carbocycles. The molecule has 1 saturated carbocycles. The van der Waals surface area contributed by atoms with Crippen LogP contribution in [-0.2, 0) is 0 Å². The molecule has 2 heteroatoms. The maximum atomic E-state index is 13.2. The van der Waals surface area contributed by atoms with Crippen LogP contribution in [0.5, 0.6) is 0 Å². The van der Waals surface area contributed by atoms with Crippen molar-refractivity contribution in [3.8, 4) is 0 Å². The number of benzene rings is 1. The zero-order valence-electron chi connectivity index (χ0n) is 10.1. The molecule has 0 spiro atoms. The fraction of sp³-hybridized carbons (Fsp3) is 0.571. The molecule has 16 heavy (non-hydrogen) atoms. The number of rotatable bonds is 5. The van der Waals surface area contributed by atoms with Gasteiger partial charge in [0.1, 0.15) is 5.82 Å². The van der Waals surface area contributed by atoms with Gasteiger partial charge in [0.2, 0.25) is 0 Å². The van der Waals surface area contributed by atoms with E-state index in [1.807, 2.05) is 19.1 Å². The lowest BCUT2D eigenvalue weighted by atomic mass is 10.00. The van der Waals surface area contributed by atoms with Gasteiger partial charge in [-0.1, -0.05) is 19.1 Å². The highest BCUT2D eigenvalue weighted by molar-refractivity contribution is 5.27. The molecule has 0 aliphatic heterocycles. The van der Waals surface area contributed by atoms with Crippen LogP contribution in [0, 0.1) is 18.7 Å². The van der Waals surface area contributed by atoms with Crippen molar-refractivity contribution in [2.45, 2.75) is 39.2 Å². The average Bonchev–Trinajstić information content (AvgIpc) is 3.08. The Morgan fingerprint density at radius 1 is 1.44 bits per heavy atom. The second kappa shape index (κ2) is 4.96. The van der Waals surface area contributed by atoms with Crippen LogP contribution in [0.15, 0.2) is 18.2 Å². The summed E-state index contributed by atoms with van der Waals surface area (Å²) in [6.07, 6.45) is 3.75. The van der Waals surface area contributed by atoms with Crippen molar-refractivity contribution in [2.24, 2.45) is 5.92 Å². The predicted molar refractivity (Wildman–Crippen MR) is 64.9 cm³/mol. The molecule has 1 nitrogen and oxygen atoms in total. The predicted octanol–water partition coefficient (Wildman–Crippen LogP) is 3.58. The van der Waals surface area contributed by atoms with Crippen LogP contribution in [0.1, 0.15) is 43.4 Å². The lowest BCUT2D eigenvalue weighted by Gasteiger charge is -2.19. The smallest absolute Gasteiger partial charge is 0.126 e. The molecule has 1 fully saturated rings. The third kappa shape index (κ3) is 2.62. The number of hydrogen-bond acceptors (Lipinski definition) is 1. The number of nitrogens with one attached hydrogen (secondary N) is 1. The summed E-state index contributed by atoms with van der Waals surface area (Å²) in [4.78, 5) is 0. The maximum Gasteiger partial charge on any atom is 0.126 e. The van der Waals surface area contributed by atoms with E-state index in [2.05, 4.69) is 12.2 Å². The molecule has 1 aliphatic rings. The first kappa shape index (κ1) is 11.6. The Morgan fingerprint density at radius 2 is 2.19 bits per heavy atom. The fourth-order valence-corrected chi connectivity index (χ4v) is 2.15. The molecule has 1 unspecified atom stereocenters. The van der Waals surface area contributed by atoms with Gasteiger partial charge in [-0.3, -0.25) is 0 Å². The van der Waals surface area contributed by atoms with Crippen LogP contribution < -0.4 is 5.32 Å². The third-order valence-electron chi connectivity index (χ3n) is 3.25. The van der Waals surface area contributed by atoms with Gasteiger partial charge < -0.3 is 5.32 Å². The fourth-order valence-electron chi connectivity index (χ4n) is 2.15. The highest BCUT2D eigenvalue weighted by atomic mass is 19.1. The van der Waals surface area contributed by atoms with Crippen molar-refractivity contribution in [1.29, 1.82) is 0 Å². The molecule has 88 valence electrons. The van der Waals surface area contributed by atoms with Crippen LogP contribution >= 0.6 is 0 Å². The molecule has 0 saturated heterocycles. The van der Waals surface area contributed by atoms with E-state index in [9.17, 15) is 4.39 Å². The van der Waals surface area contributed by atoms with Gasteiger partial charge >= 0.3 is 0 Å². The van der Waals surface area contributed by atoms with Crippen molar-refractivity contribution in [2.75, 3.05) is 6.54 Å². The molecular formula is C14H20FN. The van der Waals surface area contributed by atoms with Crippen LogP contribution in [-0.4, -0.2) is 6.54 Å². The van der Waals surface area contributed by atoms with Gasteiger partial charge in [0, 0.05) is 6.04 Å². The monoisotopic (exact) mass is 221 g/mol. The minimum atomic E-state index is -0.103. The summed E-state index contributed by atoms with van der Waals surface area (Å²) < 4.78 is 13.2. The van der Waals surface area contributed by atoms with E-state index in [4.69, 9.17) is 0 Å². The van der Waals surface area contributed by atoms with E-state index in [-0.39, 0.29) is 5.82 Å². The van der Waals surface area contributed by atoms with Gasteiger partial charge in [0.15, 0.2) is 0 Å². The number of halogens is 1. The van der Waals surface area contributed by atoms with Gasteiger partial charge in [-0.05, 0) is 55.8 Å².